The molecular weight excluding hydrogens is 253 g/mol. The van der Waals surface area contributed by atoms with Crippen LogP contribution >= 0.6 is 0 Å². The van der Waals surface area contributed by atoms with Gasteiger partial charge in [0.25, 0.3) is 5.69 Å². The molecule has 1 aromatic carbocycles. The predicted molar refractivity (Wildman–Crippen MR) is 68.8 cm³/mol. The molecule has 1 aliphatic rings. The molecule has 104 valence electrons. The normalized spacial score (nSPS) is 16.3. The number of nitro benzene ring substituents is 1. The van der Waals surface area contributed by atoms with Gasteiger partial charge in [-0.1, -0.05) is 0 Å². The third-order valence-corrected chi connectivity index (χ3v) is 3.01. The minimum atomic E-state index is -0.611. The molecule has 0 amide bonds. The Morgan fingerprint density at radius 1 is 1.42 bits per heavy atom. The Morgan fingerprint density at radius 3 is 2.79 bits per heavy atom. The Labute approximate surface area is 110 Å². The molecule has 1 N–H and O–H groups in total. The van der Waals surface area contributed by atoms with Crippen molar-refractivity contribution in [3.05, 3.63) is 34.1 Å². The largest absolute Gasteiger partial charge is 0.381 e. The lowest BCUT2D eigenvalue weighted by Gasteiger charge is -2.26. The summed E-state index contributed by atoms with van der Waals surface area (Å²) in [5.74, 6) is -0.601. The SMILES string of the molecule is O=[N+]([O-])c1ccc(NCCN2CCOCC2)c(F)c1. The lowest BCUT2D eigenvalue weighted by atomic mass is 10.2. The molecule has 19 heavy (non-hydrogen) atoms. The van der Waals surface area contributed by atoms with E-state index in [4.69, 9.17) is 4.74 Å². The van der Waals surface area contributed by atoms with Gasteiger partial charge in [0.05, 0.1) is 29.9 Å². The number of ether oxygens (including phenoxy) is 1. The van der Waals surface area contributed by atoms with Crippen molar-refractivity contribution in [2.75, 3.05) is 44.7 Å². The molecule has 2 rings (SSSR count). The number of nitrogens with zero attached hydrogens (tertiary/aromatic N) is 2. The van der Waals surface area contributed by atoms with Crippen LogP contribution in [0.2, 0.25) is 0 Å². The number of hydrogen-bond donors (Lipinski definition) is 1. The van der Waals surface area contributed by atoms with E-state index in [2.05, 4.69) is 10.2 Å². The van der Waals surface area contributed by atoms with Crippen LogP contribution < -0.4 is 5.32 Å². The predicted octanol–water partition coefficient (Wildman–Crippen LogP) is 1.48. The van der Waals surface area contributed by atoms with E-state index in [1.807, 2.05) is 0 Å². The molecule has 1 fully saturated rings. The third-order valence-electron chi connectivity index (χ3n) is 3.01. The van der Waals surface area contributed by atoms with Gasteiger partial charge in [0.15, 0.2) is 5.82 Å². The summed E-state index contributed by atoms with van der Waals surface area (Å²) in [6, 6.07) is 3.62. The number of benzene rings is 1. The Morgan fingerprint density at radius 2 is 2.16 bits per heavy atom. The second-order valence-electron chi connectivity index (χ2n) is 4.30. The van der Waals surface area contributed by atoms with Crippen LogP contribution in [-0.2, 0) is 4.74 Å². The highest BCUT2D eigenvalue weighted by molar-refractivity contribution is 5.50. The van der Waals surface area contributed by atoms with Gasteiger partial charge < -0.3 is 10.1 Å². The zero-order valence-electron chi connectivity index (χ0n) is 10.5. The van der Waals surface area contributed by atoms with Crippen LogP contribution in [0.25, 0.3) is 0 Å². The van der Waals surface area contributed by atoms with Gasteiger partial charge in [-0.3, -0.25) is 15.0 Å². The summed E-state index contributed by atoms with van der Waals surface area (Å²) in [5, 5.41) is 13.4. The topological polar surface area (TPSA) is 67.6 Å². The maximum Gasteiger partial charge on any atom is 0.272 e. The van der Waals surface area contributed by atoms with Crippen molar-refractivity contribution in [2.45, 2.75) is 0 Å². The van der Waals surface area contributed by atoms with Gasteiger partial charge in [-0.25, -0.2) is 4.39 Å². The molecule has 0 saturated carbocycles. The first-order valence-corrected chi connectivity index (χ1v) is 6.15. The molecule has 1 aliphatic heterocycles. The molecule has 0 spiro atoms. The van der Waals surface area contributed by atoms with Crippen LogP contribution in [0.15, 0.2) is 18.2 Å². The Hall–Kier alpha value is -1.73. The van der Waals surface area contributed by atoms with Gasteiger partial charge in [0, 0.05) is 32.2 Å². The molecule has 0 bridgehead atoms. The number of nitro groups is 1. The van der Waals surface area contributed by atoms with Crippen molar-refractivity contribution >= 4 is 11.4 Å². The van der Waals surface area contributed by atoms with Crippen molar-refractivity contribution < 1.29 is 14.1 Å². The molecule has 1 heterocycles. The minimum absolute atomic E-state index is 0.240. The van der Waals surface area contributed by atoms with E-state index in [1.54, 1.807) is 0 Å². The van der Waals surface area contributed by atoms with Crippen molar-refractivity contribution in [2.24, 2.45) is 0 Å². The first-order valence-electron chi connectivity index (χ1n) is 6.15. The highest BCUT2D eigenvalue weighted by atomic mass is 19.1. The number of anilines is 1. The van der Waals surface area contributed by atoms with Gasteiger partial charge in [0.2, 0.25) is 0 Å². The molecule has 6 nitrogen and oxygen atoms in total. The summed E-state index contributed by atoms with van der Waals surface area (Å²) in [5.41, 5.74) is 0.0510. The zero-order chi connectivity index (χ0) is 13.7. The molecule has 0 unspecified atom stereocenters. The lowest BCUT2D eigenvalue weighted by molar-refractivity contribution is -0.385. The van der Waals surface area contributed by atoms with E-state index in [1.165, 1.54) is 12.1 Å². The second kappa shape index (κ2) is 6.44. The highest BCUT2D eigenvalue weighted by Gasteiger charge is 2.12. The first-order chi connectivity index (χ1) is 9.16. The number of nitrogens with one attached hydrogen (secondary N) is 1. The Balaban J connectivity index is 1.83. The van der Waals surface area contributed by atoms with Crippen LogP contribution in [-0.4, -0.2) is 49.2 Å². The molecular formula is C12H16FN3O3. The van der Waals surface area contributed by atoms with Crippen molar-refractivity contribution in [3.63, 3.8) is 0 Å². The summed E-state index contributed by atoms with van der Waals surface area (Å²) in [7, 11) is 0. The molecule has 0 radical (unpaired) electrons. The van der Waals surface area contributed by atoms with E-state index in [0.29, 0.717) is 12.2 Å². The Bertz CT molecular complexity index is 450. The van der Waals surface area contributed by atoms with Gasteiger partial charge in [-0.05, 0) is 6.07 Å². The highest BCUT2D eigenvalue weighted by Crippen LogP contribution is 2.20. The summed E-state index contributed by atoms with van der Waals surface area (Å²) in [4.78, 5) is 12.1. The second-order valence-corrected chi connectivity index (χ2v) is 4.30. The monoisotopic (exact) mass is 269 g/mol. The van der Waals surface area contributed by atoms with E-state index in [-0.39, 0.29) is 5.69 Å². The fourth-order valence-electron chi connectivity index (χ4n) is 1.93. The first kappa shape index (κ1) is 13.7. The number of rotatable bonds is 5. The quantitative estimate of drug-likeness (QED) is 0.647. The third kappa shape index (κ3) is 3.87. The van der Waals surface area contributed by atoms with Gasteiger partial charge in [0.1, 0.15) is 0 Å². The fourth-order valence-corrected chi connectivity index (χ4v) is 1.93. The van der Waals surface area contributed by atoms with Crippen LogP contribution in [0.1, 0.15) is 0 Å². The molecule has 7 heteroatoms. The number of hydrogen-bond acceptors (Lipinski definition) is 5. The summed E-state index contributed by atoms with van der Waals surface area (Å²) in [6.45, 7) is 4.60. The molecule has 0 aromatic heterocycles. The average molecular weight is 269 g/mol. The van der Waals surface area contributed by atoms with Crippen molar-refractivity contribution in [3.8, 4) is 0 Å². The standard InChI is InChI=1S/C12H16FN3O3/c13-11-9-10(16(17)18)1-2-12(11)14-3-4-15-5-7-19-8-6-15/h1-2,9,14H,3-8H2. The van der Waals surface area contributed by atoms with Crippen LogP contribution in [0.5, 0.6) is 0 Å². The molecule has 0 atom stereocenters. The molecule has 0 aliphatic carbocycles. The van der Waals surface area contributed by atoms with Crippen LogP contribution in [0.4, 0.5) is 15.8 Å². The average Bonchev–Trinajstić information content (AvgIpc) is 2.41. The number of non-ortho nitro benzene ring substituents is 1. The van der Waals surface area contributed by atoms with E-state index in [9.17, 15) is 14.5 Å². The van der Waals surface area contributed by atoms with E-state index >= 15 is 0 Å². The maximum atomic E-state index is 13.6. The molecule has 1 aromatic rings. The molecule has 1 saturated heterocycles. The smallest absolute Gasteiger partial charge is 0.272 e. The van der Waals surface area contributed by atoms with Gasteiger partial charge >= 0.3 is 0 Å². The maximum absolute atomic E-state index is 13.6. The van der Waals surface area contributed by atoms with E-state index in [0.717, 1.165) is 38.9 Å². The number of halogens is 1. The van der Waals surface area contributed by atoms with Crippen molar-refractivity contribution in [1.29, 1.82) is 0 Å². The van der Waals surface area contributed by atoms with Gasteiger partial charge in [-0.15, -0.1) is 0 Å². The summed E-state index contributed by atoms with van der Waals surface area (Å²) < 4.78 is 18.8. The summed E-state index contributed by atoms with van der Waals surface area (Å²) >= 11 is 0. The van der Waals surface area contributed by atoms with Crippen molar-refractivity contribution in [1.82, 2.24) is 4.90 Å². The van der Waals surface area contributed by atoms with Crippen LogP contribution in [0.3, 0.4) is 0 Å². The fraction of sp³-hybridized carbons (Fsp3) is 0.500. The minimum Gasteiger partial charge on any atom is -0.381 e. The lowest BCUT2D eigenvalue weighted by Crippen LogP contribution is -2.39. The van der Waals surface area contributed by atoms with Crippen LogP contribution in [0, 0.1) is 15.9 Å². The van der Waals surface area contributed by atoms with E-state index < -0.39 is 10.7 Å². The Kier molecular flexibility index (Phi) is 4.64. The van der Waals surface area contributed by atoms with Gasteiger partial charge in [-0.2, -0.15) is 0 Å². The summed E-state index contributed by atoms with van der Waals surface area (Å²) in [6.07, 6.45) is 0. The zero-order valence-corrected chi connectivity index (χ0v) is 10.5. The number of morpholine rings is 1.